The molecule has 0 spiro atoms. The molecule has 0 amide bonds. The maximum Gasteiger partial charge on any atom is 0.191 e. The number of hydrogen-bond acceptors (Lipinski definition) is 2. The largest absolute Gasteiger partial charge is 0.355 e. The Hall–Kier alpha value is -0.820. The van der Waals surface area contributed by atoms with Crippen molar-refractivity contribution in [2.75, 3.05) is 27.2 Å². The van der Waals surface area contributed by atoms with Crippen molar-refractivity contribution in [2.24, 2.45) is 4.99 Å². The quantitative estimate of drug-likeness (QED) is 0.435. The van der Waals surface area contributed by atoms with Gasteiger partial charge in [-0.1, -0.05) is 30.3 Å². The van der Waals surface area contributed by atoms with E-state index in [-0.39, 0.29) is 30.0 Å². The van der Waals surface area contributed by atoms with Gasteiger partial charge in [-0.2, -0.15) is 0 Å². The third kappa shape index (κ3) is 7.66. The molecular formula is C16H29IN4. The van der Waals surface area contributed by atoms with Crippen LogP contribution < -0.4 is 10.6 Å². The van der Waals surface area contributed by atoms with Crippen molar-refractivity contribution in [3.05, 3.63) is 35.9 Å². The van der Waals surface area contributed by atoms with Gasteiger partial charge < -0.3 is 15.5 Å². The molecule has 0 aromatic heterocycles. The predicted octanol–water partition coefficient (Wildman–Crippen LogP) is 2.87. The molecule has 0 radical (unpaired) electrons. The van der Waals surface area contributed by atoms with Crippen LogP contribution in [0.5, 0.6) is 0 Å². The van der Waals surface area contributed by atoms with E-state index in [0.29, 0.717) is 6.04 Å². The highest BCUT2D eigenvalue weighted by Gasteiger charge is 2.07. The maximum absolute atomic E-state index is 4.27. The van der Waals surface area contributed by atoms with Crippen LogP contribution in [0.4, 0.5) is 0 Å². The van der Waals surface area contributed by atoms with Crippen LogP contribution in [0, 0.1) is 0 Å². The van der Waals surface area contributed by atoms with Crippen molar-refractivity contribution in [1.82, 2.24) is 15.5 Å². The summed E-state index contributed by atoms with van der Waals surface area (Å²) in [4.78, 5) is 6.58. The Balaban J connectivity index is 0.00000400. The molecule has 0 saturated heterocycles. The molecule has 1 aromatic carbocycles. The molecule has 5 heteroatoms. The molecule has 120 valence electrons. The third-order valence-corrected chi connectivity index (χ3v) is 3.51. The zero-order valence-electron chi connectivity index (χ0n) is 13.8. The minimum absolute atomic E-state index is 0. The lowest BCUT2D eigenvalue weighted by atomic mass is 10.1. The first-order valence-electron chi connectivity index (χ1n) is 7.27. The van der Waals surface area contributed by atoms with Gasteiger partial charge in [0.2, 0.25) is 0 Å². The van der Waals surface area contributed by atoms with Crippen molar-refractivity contribution >= 4 is 29.9 Å². The van der Waals surface area contributed by atoms with Gasteiger partial charge in [-0.15, -0.1) is 24.0 Å². The number of nitrogens with zero attached hydrogens (tertiary/aromatic N) is 2. The second-order valence-electron chi connectivity index (χ2n) is 5.35. The van der Waals surface area contributed by atoms with E-state index in [1.165, 1.54) is 5.56 Å². The minimum Gasteiger partial charge on any atom is -0.355 e. The van der Waals surface area contributed by atoms with E-state index in [4.69, 9.17) is 0 Å². The minimum atomic E-state index is 0. The molecule has 21 heavy (non-hydrogen) atoms. The van der Waals surface area contributed by atoms with E-state index >= 15 is 0 Å². The SMILES string of the molecule is CN=C(NCCN(C)C(C)C)NC(C)c1ccccc1.I. The summed E-state index contributed by atoms with van der Waals surface area (Å²) >= 11 is 0. The number of likely N-dealkylation sites (N-methyl/N-ethyl adjacent to an activating group) is 1. The summed E-state index contributed by atoms with van der Waals surface area (Å²) < 4.78 is 0. The maximum atomic E-state index is 4.27. The Kier molecular flexibility index (Phi) is 10.4. The van der Waals surface area contributed by atoms with Crippen molar-refractivity contribution < 1.29 is 0 Å². The molecule has 0 heterocycles. The van der Waals surface area contributed by atoms with Crippen molar-refractivity contribution in [2.45, 2.75) is 32.9 Å². The molecule has 0 aliphatic heterocycles. The summed E-state index contributed by atoms with van der Waals surface area (Å²) in [6.45, 7) is 8.42. The summed E-state index contributed by atoms with van der Waals surface area (Å²) in [5.74, 6) is 0.846. The first-order valence-corrected chi connectivity index (χ1v) is 7.27. The average molecular weight is 404 g/mol. The van der Waals surface area contributed by atoms with Gasteiger partial charge in [0, 0.05) is 26.2 Å². The van der Waals surface area contributed by atoms with Gasteiger partial charge in [-0.25, -0.2) is 0 Å². The third-order valence-electron chi connectivity index (χ3n) is 3.51. The average Bonchev–Trinajstić information content (AvgIpc) is 2.46. The highest BCUT2D eigenvalue weighted by Crippen LogP contribution is 2.10. The predicted molar refractivity (Wildman–Crippen MR) is 103 cm³/mol. The van der Waals surface area contributed by atoms with E-state index in [1.807, 2.05) is 6.07 Å². The summed E-state index contributed by atoms with van der Waals surface area (Å²) in [5, 5.41) is 6.76. The first-order chi connectivity index (χ1) is 9.54. The fraction of sp³-hybridized carbons (Fsp3) is 0.562. The topological polar surface area (TPSA) is 39.7 Å². The highest BCUT2D eigenvalue weighted by molar-refractivity contribution is 14.0. The molecule has 0 aliphatic carbocycles. The van der Waals surface area contributed by atoms with E-state index in [2.05, 4.69) is 72.6 Å². The normalized spacial score (nSPS) is 13.0. The molecule has 1 rings (SSSR count). The Morgan fingerprint density at radius 1 is 1.19 bits per heavy atom. The number of nitrogens with one attached hydrogen (secondary N) is 2. The van der Waals surface area contributed by atoms with Gasteiger partial charge in [0.1, 0.15) is 0 Å². The fourth-order valence-electron chi connectivity index (χ4n) is 1.83. The molecule has 2 N–H and O–H groups in total. The van der Waals surface area contributed by atoms with Crippen LogP contribution in [-0.2, 0) is 0 Å². The number of guanidine groups is 1. The van der Waals surface area contributed by atoms with Gasteiger partial charge in [0.25, 0.3) is 0 Å². The molecule has 0 aliphatic rings. The zero-order valence-corrected chi connectivity index (χ0v) is 16.1. The fourth-order valence-corrected chi connectivity index (χ4v) is 1.83. The van der Waals surface area contributed by atoms with Crippen LogP contribution >= 0.6 is 24.0 Å². The summed E-state index contributed by atoms with van der Waals surface area (Å²) in [7, 11) is 3.94. The number of hydrogen-bond donors (Lipinski definition) is 2. The number of aliphatic imine (C=N–C) groups is 1. The Morgan fingerprint density at radius 3 is 2.33 bits per heavy atom. The second-order valence-corrected chi connectivity index (χ2v) is 5.35. The van der Waals surface area contributed by atoms with Gasteiger partial charge in [-0.3, -0.25) is 4.99 Å². The molecular weight excluding hydrogens is 375 g/mol. The lowest BCUT2D eigenvalue weighted by Gasteiger charge is -2.23. The first kappa shape index (κ1) is 20.2. The van der Waals surface area contributed by atoms with Crippen LogP contribution in [0.15, 0.2) is 35.3 Å². The Morgan fingerprint density at radius 2 is 1.81 bits per heavy atom. The Bertz CT molecular complexity index is 406. The van der Waals surface area contributed by atoms with Gasteiger partial charge in [0.05, 0.1) is 6.04 Å². The zero-order chi connectivity index (χ0) is 15.0. The lowest BCUT2D eigenvalue weighted by molar-refractivity contribution is 0.278. The summed E-state index contributed by atoms with van der Waals surface area (Å²) in [5.41, 5.74) is 1.26. The molecule has 1 unspecified atom stereocenters. The standard InChI is InChI=1S/C16H28N4.HI/c1-13(2)20(5)12-11-18-16(17-4)19-14(3)15-9-7-6-8-10-15;/h6-10,13-14H,11-12H2,1-5H3,(H2,17,18,19);1H. The molecule has 0 bridgehead atoms. The van der Waals surface area contributed by atoms with Crippen LogP contribution in [0.3, 0.4) is 0 Å². The monoisotopic (exact) mass is 404 g/mol. The van der Waals surface area contributed by atoms with E-state index in [1.54, 1.807) is 7.05 Å². The molecule has 1 atom stereocenters. The van der Waals surface area contributed by atoms with Crippen molar-refractivity contribution in [1.29, 1.82) is 0 Å². The molecule has 4 nitrogen and oxygen atoms in total. The van der Waals surface area contributed by atoms with Crippen LogP contribution in [0.1, 0.15) is 32.4 Å². The van der Waals surface area contributed by atoms with Crippen LogP contribution in [-0.4, -0.2) is 44.1 Å². The Labute approximate surface area is 146 Å². The molecule has 0 fully saturated rings. The van der Waals surface area contributed by atoms with Gasteiger partial charge in [-0.05, 0) is 33.4 Å². The number of rotatable bonds is 6. The second kappa shape index (κ2) is 10.8. The van der Waals surface area contributed by atoms with E-state index in [0.717, 1.165) is 19.0 Å². The van der Waals surface area contributed by atoms with Crippen molar-refractivity contribution in [3.63, 3.8) is 0 Å². The van der Waals surface area contributed by atoms with E-state index < -0.39 is 0 Å². The summed E-state index contributed by atoms with van der Waals surface area (Å²) in [6.07, 6.45) is 0. The molecule has 0 saturated carbocycles. The van der Waals surface area contributed by atoms with Gasteiger partial charge >= 0.3 is 0 Å². The van der Waals surface area contributed by atoms with E-state index in [9.17, 15) is 0 Å². The summed E-state index contributed by atoms with van der Waals surface area (Å²) in [6, 6.07) is 11.2. The van der Waals surface area contributed by atoms with Gasteiger partial charge in [0.15, 0.2) is 5.96 Å². The van der Waals surface area contributed by atoms with Crippen LogP contribution in [0.2, 0.25) is 0 Å². The van der Waals surface area contributed by atoms with Crippen LogP contribution in [0.25, 0.3) is 0 Å². The molecule has 1 aromatic rings. The van der Waals surface area contributed by atoms with Crippen molar-refractivity contribution in [3.8, 4) is 0 Å². The lowest BCUT2D eigenvalue weighted by Crippen LogP contribution is -2.42. The number of benzene rings is 1. The smallest absolute Gasteiger partial charge is 0.191 e. The number of halogens is 1. The highest BCUT2D eigenvalue weighted by atomic mass is 127.